The Labute approximate surface area is 109 Å². The molecule has 2 rings (SSSR count). The minimum atomic E-state index is -0.0810. The summed E-state index contributed by atoms with van der Waals surface area (Å²) in [4.78, 5) is 12.1. The van der Waals surface area contributed by atoms with Gasteiger partial charge in [0.2, 0.25) is 0 Å². The average Bonchev–Trinajstić information content (AvgIpc) is 2.34. The van der Waals surface area contributed by atoms with Gasteiger partial charge in [-0.25, -0.2) is 5.01 Å². The van der Waals surface area contributed by atoms with Crippen LogP contribution in [0.1, 0.15) is 15.9 Å². The van der Waals surface area contributed by atoms with Crippen molar-refractivity contribution in [3.8, 4) is 0 Å². The number of nitrogens with zero attached hydrogens (tertiary/aromatic N) is 1. The van der Waals surface area contributed by atoms with Crippen molar-refractivity contribution in [3.05, 3.63) is 33.8 Å². The van der Waals surface area contributed by atoms with Crippen molar-refractivity contribution in [2.24, 2.45) is 0 Å². The number of amides is 1. The molecule has 1 fully saturated rings. The van der Waals surface area contributed by atoms with Crippen LogP contribution in [0.2, 0.25) is 0 Å². The molecule has 0 bridgehead atoms. The lowest BCUT2D eigenvalue weighted by Crippen LogP contribution is -2.48. The first kappa shape index (κ1) is 12.5. The first-order valence-corrected chi connectivity index (χ1v) is 6.36. The molecule has 4 nitrogen and oxygen atoms in total. The number of halogens is 1. The Bertz CT molecular complexity index is 417. The third-order valence-corrected chi connectivity index (χ3v) is 3.76. The zero-order valence-electron chi connectivity index (χ0n) is 9.70. The van der Waals surface area contributed by atoms with Crippen molar-refractivity contribution in [1.29, 1.82) is 0 Å². The van der Waals surface area contributed by atoms with E-state index in [0.29, 0.717) is 18.8 Å². The lowest BCUT2D eigenvalue weighted by Gasteiger charge is -2.27. The average molecular weight is 299 g/mol. The van der Waals surface area contributed by atoms with Crippen molar-refractivity contribution in [2.75, 3.05) is 26.3 Å². The van der Waals surface area contributed by atoms with Crippen LogP contribution in [-0.2, 0) is 4.74 Å². The highest BCUT2D eigenvalue weighted by molar-refractivity contribution is 9.10. The molecule has 0 saturated carbocycles. The molecule has 1 aliphatic rings. The van der Waals surface area contributed by atoms with Crippen LogP contribution in [0.15, 0.2) is 22.7 Å². The smallest absolute Gasteiger partial charge is 0.266 e. The Kier molecular flexibility index (Phi) is 4.15. The fraction of sp³-hybridized carbons (Fsp3) is 0.417. The third kappa shape index (κ3) is 3.06. The molecule has 0 aromatic heterocycles. The molecule has 1 heterocycles. The van der Waals surface area contributed by atoms with E-state index in [1.54, 1.807) is 0 Å². The number of aryl methyl sites for hydroxylation is 1. The zero-order chi connectivity index (χ0) is 12.3. The summed E-state index contributed by atoms with van der Waals surface area (Å²) in [5, 5.41) is 1.89. The lowest BCUT2D eigenvalue weighted by molar-refractivity contribution is 0.0126. The van der Waals surface area contributed by atoms with Gasteiger partial charge in [-0.3, -0.25) is 10.2 Å². The molecule has 0 aliphatic carbocycles. The Morgan fingerprint density at radius 3 is 2.82 bits per heavy atom. The zero-order valence-corrected chi connectivity index (χ0v) is 11.3. The van der Waals surface area contributed by atoms with Crippen molar-refractivity contribution < 1.29 is 9.53 Å². The number of hydrogen-bond donors (Lipinski definition) is 1. The van der Waals surface area contributed by atoms with Crippen molar-refractivity contribution in [3.63, 3.8) is 0 Å². The Hall–Kier alpha value is -0.910. The number of hydrogen-bond acceptors (Lipinski definition) is 3. The summed E-state index contributed by atoms with van der Waals surface area (Å²) in [5.41, 5.74) is 4.61. The molecule has 1 amide bonds. The van der Waals surface area contributed by atoms with Gasteiger partial charge in [0.05, 0.1) is 18.8 Å². The standard InChI is InChI=1S/C12H15BrN2O2/c1-9-3-2-4-10(11(9)13)12(16)14-15-5-7-17-8-6-15/h2-4H,5-8H2,1H3,(H,14,16). The van der Waals surface area contributed by atoms with E-state index < -0.39 is 0 Å². The quantitative estimate of drug-likeness (QED) is 0.904. The number of hydrazine groups is 1. The summed E-state index contributed by atoms with van der Waals surface area (Å²) in [5.74, 6) is -0.0810. The van der Waals surface area contributed by atoms with Crippen molar-refractivity contribution >= 4 is 21.8 Å². The number of ether oxygens (including phenoxy) is 1. The Morgan fingerprint density at radius 2 is 2.12 bits per heavy atom. The van der Waals surface area contributed by atoms with E-state index in [1.165, 1.54) is 0 Å². The van der Waals surface area contributed by atoms with E-state index in [2.05, 4.69) is 21.4 Å². The Balaban J connectivity index is 2.06. The van der Waals surface area contributed by atoms with Gasteiger partial charge in [0.25, 0.3) is 5.91 Å². The van der Waals surface area contributed by atoms with Gasteiger partial charge in [-0.15, -0.1) is 0 Å². The molecule has 1 aliphatic heterocycles. The maximum absolute atomic E-state index is 12.1. The number of carbonyl (C=O) groups is 1. The maximum atomic E-state index is 12.1. The summed E-state index contributed by atoms with van der Waals surface area (Å²) in [6.45, 7) is 4.75. The summed E-state index contributed by atoms with van der Waals surface area (Å²) in [6, 6.07) is 5.66. The van der Waals surface area contributed by atoms with E-state index in [-0.39, 0.29) is 5.91 Å². The molecule has 1 saturated heterocycles. The minimum Gasteiger partial charge on any atom is -0.379 e. The van der Waals surface area contributed by atoms with Crippen molar-refractivity contribution in [1.82, 2.24) is 10.4 Å². The molecule has 17 heavy (non-hydrogen) atoms. The van der Waals surface area contributed by atoms with Crippen LogP contribution in [0.3, 0.4) is 0 Å². The van der Waals surface area contributed by atoms with Crippen LogP contribution >= 0.6 is 15.9 Å². The van der Waals surface area contributed by atoms with Gasteiger partial charge in [0.1, 0.15) is 0 Å². The Morgan fingerprint density at radius 1 is 1.41 bits per heavy atom. The number of morpholine rings is 1. The van der Waals surface area contributed by atoms with Crippen LogP contribution in [0, 0.1) is 6.92 Å². The van der Waals surface area contributed by atoms with Gasteiger partial charge in [0.15, 0.2) is 0 Å². The predicted octanol–water partition coefficient (Wildman–Crippen LogP) is 1.73. The third-order valence-electron chi connectivity index (χ3n) is 2.71. The molecule has 1 aromatic carbocycles. The monoisotopic (exact) mass is 298 g/mol. The topological polar surface area (TPSA) is 41.6 Å². The van der Waals surface area contributed by atoms with E-state index >= 15 is 0 Å². The molecule has 0 spiro atoms. The number of nitrogens with one attached hydrogen (secondary N) is 1. The largest absolute Gasteiger partial charge is 0.379 e. The molecule has 0 radical (unpaired) electrons. The molecule has 0 atom stereocenters. The van der Waals surface area contributed by atoms with E-state index in [0.717, 1.165) is 23.1 Å². The molecular weight excluding hydrogens is 284 g/mol. The van der Waals surface area contributed by atoms with Crippen LogP contribution in [-0.4, -0.2) is 37.2 Å². The van der Waals surface area contributed by atoms with Gasteiger partial charge in [0, 0.05) is 17.6 Å². The lowest BCUT2D eigenvalue weighted by atomic mass is 10.1. The highest BCUT2D eigenvalue weighted by Gasteiger charge is 2.16. The molecule has 5 heteroatoms. The summed E-state index contributed by atoms with van der Waals surface area (Å²) in [6.07, 6.45) is 0. The first-order valence-electron chi connectivity index (χ1n) is 5.57. The van der Waals surface area contributed by atoms with Gasteiger partial charge < -0.3 is 4.74 Å². The van der Waals surface area contributed by atoms with Crippen molar-refractivity contribution in [2.45, 2.75) is 6.92 Å². The minimum absolute atomic E-state index is 0.0810. The van der Waals surface area contributed by atoms with Gasteiger partial charge >= 0.3 is 0 Å². The number of carbonyl (C=O) groups excluding carboxylic acids is 1. The molecular formula is C12H15BrN2O2. The van der Waals surface area contributed by atoms with E-state index in [9.17, 15) is 4.79 Å². The van der Waals surface area contributed by atoms with Crippen LogP contribution in [0.25, 0.3) is 0 Å². The van der Waals surface area contributed by atoms with Gasteiger partial charge in [-0.2, -0.15) is 0 Å². The molecule has 1 N–H and O–H groups in total. The molecule has 92 valence electrons. The second kappa shape index (κ2) is 5.62. The fourth-order valence-electron chi connectivity index (χ4n) is 1.70. The SMILES string of the molecule is Cc1cccc(C(=O)NN2CCOCC2)c1Br. The fourth-order valence-corrected chi connectivity index (χ4v) is 2.15. The summed E-state index contributed by atoms with van der Waals surface area (Å²) < 4.78 is 6.08. The number of benzene rings is 1. The maximum Gasteiger partial charge on any atom is 0.266 e. The van der Waals surface area contributed by atoms with Crippen LogP contribution in [0.5, 0.6) is 0 Å². The molecule has 1 aromatic rings. The molecule has 0 unspecified atom stereocenters. The second-order valence-corrected chi connectivity index (χ2v) is 4.77. The highest BCUT2D eigenvalue weighted by atomic mass is 79.9. The van der Waals surface area contributed by atoms with E-state index in [1.807, 2.05) is 30.1 Å². The van der Waals surface area contributed by atoms with E-state index in [4.69, 9.17) is 4.74 Å². The van der Waals surface area contributed by atoms with Gasteiger partial charge in [-0.1, -0.05) is 12.1 Å². The second-order valence-electron chi connectivity index (χ2n) is 3.98. The van der Waals surface area contributed by atoms with Gasteiger partial charge in [-0.05, 0) is 34.5 Å². The highest BCUT2D eigenvalue weighted by Crippen LogP contribution is 2.20. The summed E-state index contributed by atoms with van der Waals surface area (Å²) in [7, 11) is 0. The normalized spacial score (nSPS) is 16.8. The number of rotatable bonds is 2. The van der Waals surface area contributed by atoms with Crippen LogP contribution in [0.4, 0.5) is 0 Å². The predicted molar refractivity (Wildman–Crippen MR) is 68.7 cm³/mol. The van der Waals surface area contributed by atoms with Crippen LogP contribution < -0.4 is 5.43 Å². The summed E-state index contributed by atoms with van der Waals surface area (Å²) >= 11 is 3.44. The first-order chi connectivity index (χ1) is 8.18.